The minimum atomic E-state index is 0.108. The SMILES string of the molecule is CCC(N)Cc1cc(Cl)ccc1OCc1ccc(Br)cn1. The highest BCUT2D eigenvalue weighted by atomic mass is 79.9. The van der Waals surface area contributed by atoms with Crippen LogP contribution in [0.5, 0.6) is 5.75 Å². The second kappa shape index (κ2) is 7.78. The van der Waals surface area contributed by atoms with Gasteiger partial charge in [0.05, 0.1) is 5.69 Å². The average molecular weight is 370 g/mol. The Balaban J connectivity index is 2.09. The van der Waals surface area contributed by atoms with E-state index in [-0.39, 0.29) is 6.04 Å². The van der Waals surface area contributed by atoms with Gasteiger partial charge in [-0.3, -0.25) is 4.98 Å². The largest absolute Gasteiger partial charge is 0.487 e. The van der Waals surface area contributed by atoms with Crippen molar-refractivity contribution in [2.45, 2.75) is 32.4 Å². The van der Waals surface area contributed by atoms with Gasteiger partial charge in [0.15, 0.2) is 0 Å². The van der Waals surface area contributed by atoms with Gasteiger partial charge in [0.2, 0.25) is 0 Å². The standard InChI is InChI=1S/C16H18BrClN2O/c1-2-14(19)8-11-7-13(18)4-6-16(11)21-10-15-5-3-12(17)9-20-15/h3-7,9,14H,2,8,10,19H2,1H3. The van der Waals surface area contributed by atoms with E-state index in [0.29, 0.717) is 11.6 Å². The number of hydrogen-bond acceptors (Lipinski definition) is 3. The topological polar surface area (TPSA) is 48.1 Å². The fourth-order valence-electron chi connectivity index (χ4n) is 1.92. The van der Waals surface area contributed by atoms with E-state index in [1.807, 2.05) is 30.3 Å². The Kier molecular flexibility index (Phi) is 6.03. The molecule has 0 radical (unpaired) electrons. The number of nitrogens with zero attached hydrogens (tertiary/aromatic N) is 1. The summed E-state index contributed by atoms with van der Waals surface area (Å²) in [7, 11) is 0. The molecule has 0 fully saturated rings. The number of aromatic nitrogens is 1. The molecule has 112 valence electrons. The lowest BCUT2D eigenvalue weighted by Crippen LogP contribution is -2.21. The maximum atomic E-state index is 6.06. The average Bonchev–Trinajstić information content (AvgIpc) is 2.48. The van der Waals surface area contributed by atoms with Gasteiger partial charge in [0, 0.05) is 21.7 Å². The van der Waals surface area contributed by atoms with Crippen molar-refractivity contribution in [3.05, 3.63) is 57.3 Å². The van der Waals surface area contributed by atoms with E-state index in [4.69, 9.17) is 22.1 Å². The van der Waals surface area contributed by atoms with Crippen molar-refractivity contribution in [1.29, 1.82) is 0 Å². The molecule has 0 saturated heterocycles. The quantitative estimate of drug-likeness (QED) is 0.823. The molecule has 3 nitrogen and oxygen atoms in total. The first-order chi connectivity index (χ1) is 10.1. The predicted octanol–water partition coefficient (Wildman–Crippen LogP) is 4.36. The van der Waals surface area contributed by atoms with Crippen molar-refractivity contribution >= 4 is 27.5 Å². The lowest BCUT2D eigenvalue weighted by molar-refractivity contribution is 0.297. The normalized spacial score (nSPS) is 12.2. The Bertz CT molecular complexity index is 589. The molecule has 0 aliphatic carbocycles. The molecule has 1 heterocycles. The fourth-order valence-corrected chi connectivity index (χ4v) is 2.35. The number of benzene rings is 1. The maximum absolute atomic E-state index is 6.06. The molecule has 1 aromatic heterocycles. The molecule has 21 heavy (non-hydrogen) atoms. The maximum Gasteiger partial charge on any atom is 0.130 e. The van der Waals surface area contributed by atoms with Gasteiger partial charge in [-0.1, -0.05) is 18.5 Å². The number of nitrogens with two attached hydrogens (primary N) is 1. The van der Waals surface area contributed by atoms with E-state index in [1.165, 1.54) is 0 Å². The summed E-state index contributed by atoms with van der Waals surface area (Å²) >= 11 is 9.43. The zero-order valence-corrected chi connectivity index (χ0v) is 14.2. The molecule has 0 amide bonds. The summed E-state index contributed by atoms with van der Waals surface area (Å²) in [5, 5.41) is 0.697. The number of hydrogen-bond donors (Lipinski definition) is 1. The first kappa shape index (κ1) is 16.3. The van der Waals surface area contributed by atoms with Gasteiger partial charge in [0.1, 0.15) is 12.4 Å². The van der Waals surface area contributed by atoms with Gasteiger partial charge in [0.25, 0.3) is 0 Å². The van der Waals surface area contributed by atoms with E-state index in [0.717, 1.165) is 34.3 Å². The van der Waals surface area contributed by atoms with Crippen LogP contribution in [0.4, 0.5) is 0 Å². The third-order valence-electron chi connectivity index (χ3n) is 3.19. The van der Waals surface area contributed by atoms with Crippen molar-refractivity contribution in [2.75, 3.05) is 0 Å². The number of rotatable bonds is 6. The summed E-state index contributed by atoms with van der Waals surface area (Å²) in [5.74, 6) is 0.813. The second-order valence-electron chi connectivity index (χ2n) is 4.88. The Labute approximate surface area is 138 Å². The molecule has 2 rings (SSSR count). The third kappa shape index (κ3) is 4.99. The highest BCUT2D eigenvalue weighted by Crippen LogP contribution is 2.25. The van der Waals surface area contributed by atoms with E-state index in [9.17, 15) is 0 Å². The molecule has 1 aromatic carbocycles. The number of pyridine rings is 1. The summed E-state index contributed by atoms with van der Waals surface area (Å²) in [4.78, 5) is 4.30. The third-order valence-corrected chi connectivity index (χ3v) is 3.90. The molecular formula is C16H18BrClN2O. The summed E-state index contributed by atoms with van der Waals surface area (Å²) in [6.07, 6.45) is 3.43. The minimum absolute atomic E-state index is 0.108. The number of halogens is 2. The van der Waals surface area contributed by atoms with E-state index < -0.39 is 0 Å². The van der Waals surface area contributed by atoms with E-state index >= 15 is 0 Å². The first-order valence-electron chi connectivity index (χ1n) is 6.85. The van der Waals surface area contributed by atoms with Crippen LogP contribution in [0.3, 0.4) is 0 Å². The summed E-state index contributed by atoms with van der Waals surface area (Å²) in [6.45, 7) is 2.49. The van der Waals surface area contributed by atoms with Crippen molar-refractivity contribution < 1.29 is 4.74 Å². The Morgan fingerprint density at radius 3 is 2.81 bits per heavy atom. The van der Waals surface area contributed by atoms with Crippen LogP contribution in [0.1, 0.15) is 24.6 Å². The molecule has 0 saturated carbocycles. The van der Waals surface area contributed by atoms with Crippen LogP contribution in [0, 0.1) is 0 Å². The molecule has 1 unspecified atom stereocenters. The molecule has 0 aliphatic heterocycles. The summed E-state index contributed by atoms with van der Waals surface area (Å²) in [5.41, 5.74) is 7.94. The zero-order chi connectivity index (χ0) is 15.2. The van der Waals surface area contributed by atoms with Crippen molar-refractivity contribution in [3.8, 4) is 5.75 Å². The lowest BCUT2D eigenvalue weighted by atomic mass is 10.0. The lowest BCUT2D eigenvalue weighted by Gasteiger charge is -2.14. The van der Waals surface area contributed by atoms with Crippen molar-refractivity contribution in [2.24, 2.45) is 5.73 Å². The first-order valence-corrected chi connectivity index (χ1v) is 8.02. The van der Waals surface area contributed by atoms with E-state index in [2.05, 4.69) is 27.8 Å². The van der Waals surface area contributed by atoms with Crippen LogP contribution in [-0.4, -0.2) is 11.0 Å². The predicted molar refractivity (Wildman–Crippen MR) is 89.7 cm³/mol. The minimum Gasteiger partial charge on any atom is -0.487 e. The van der Waals surface area contributed by atoms with Crippen LogP contribution in [0.25, 0.3) is 0 Å². The Hall–Kier alpha value is -1.10. The van der Waals surface area contributed by atoms with Gasteiger partial charge >= 0.3 is 0 Å². The van der Waals surface area contributed by atoms with Crippen LogP contribution in [0.15, 0.2) is 41.0 Å². The smallest absolute Gasteiger partial charge is 0.130 e. The molecule has 2 aromatic rings. The second-order valence-corrected chi connectivity index (χ2v) is 6.23. The molecule has 0 bridgehead atoms. The molecule has 0 aliphatic rings. The van der Waals surface area contributed by atoms with Crippen LogP contribution in [0.2, 0.25) is 5.02 Å². The highest BCUT2D eigenvalue weighted by molar-refractivity contribution is 9.10. The van der Waals surface area contributed by atoms with Crippen LogP contribution < -0.4 is 10.5 Å². The van der Waals surface area contributed by atoms with E-state index in [1.54, 1.807) is 6.20 Å². The van der Waals surface area contributed by atoms with Crippen LogP contribution in [-0.2, 0) is 13.0 Å². The van der Waals surface area contributed by atoms with Gasteiger partial charge in [-0.2, -0.15) is 0 Å². The van der Waals surface area contributed by atoms with Gasteiger partial charge < -0.3 is 10.5 Å². The van der Waals surface area contributed by atoms with Gasteiger partial charge in [-0.25, -0.2) is 0 Å². The molecular weight excluding hydrogens is 352 g/mol. The van der Waals surface area contributed by atoms with Gasteiger partial charge in [-0.15, -0.1) is 0 Å². The molecule has 5 heteroatoms. The zero-order valence-electron chi connectivity index (χ0n) is 11.9. The Morgan fingerprint density at radius 2 is 2.14 bits per heavy atom. The highest BCUT2D eigenvalue weighted by Gasteiger charge is 2.09. The molecule has 1 atom stereocenters. The summed E-state index contributed by atoms with van der Waals surface area (Å²) in [6, 6.07) is 9.61. The fraction of sp³-hybridized carbons (Fsp3) is 0.312. The van der Waals surface area contributed by atoms with Crippen molar-refractivity contribution in [3.63, 3.8) is 0 Å². The van der Waals surface area contributed by atoms with Gasteiger partial charge in [-0.05, 0) is 64.7 Å². The monoisotopic (exact) mass is 368 g/mol. The Morgan fingerprint density at radius 1 is 1.33 bits per heavy atom. The molecule has 0 spiro atoms. The summed E-state index contributed by atoms with van der Waals surface area (Å²) < 4.78 is 6.82. The van der Waals surface area contributed by atoms with Crippen LogP contribution >= 0.6 is 27.5 Å². The molecule has 2 N–H and O–H groups in total. The number of ether oxygens (including phenoxy) is 1. The van der Waals surface area contributed by atoms with Crippen molar-refractivity contribution in [1.82, 2.24) is 4.98 Å².